The molecule has 6 heteroatoms. The van der Waals surface area contributed by atoms with Crippen LogP contribution in [0, 0.1) is 37.5 Å². The van der Waals surface area contributed by atoms with Gasteiger partial charge in [0.05, 0.1) is 6.04 Å². The second-order valence-corrected chi connectivity index (χ2v) is 13.0. The Balaban J connectivity index is 1.41. The highest BCUT2D eigenvalue weighted by Crippen LogP contribution is 2.63. The van der Waals surface area contributed by atoms with Crippen LogP contribution >= 0.6 is 0 Å². The highest BCUT2D eigenvalue weighted by Gasteiger charge is 2.66. The average Bonchev–Trinajstić information content (AvgIpc) is 3.28. The van der Waals surface area contributed by atoms with Gasteiger partial charge in [0.15, 0.2) is 0 Å². The first-order valence-electron chi connectivity index (χ1n) is 15.4. The minimum Gasteiger partial charge on any atom is -0.487 e. The number of likely N-dealkylation sites (tertiary alicyclic amines) is 1. The number of carbonyl (C=O) groups excluding carboxylic acids is 2. The van der Waals surface area contributed by atoms with Crippen LogP contribution in [0.1, 0.15) is 67.9 Å². The van der Waals surface area contributed by atoms with Crippen LogP contribution in [0.5, 0.6) is 11.5 Å². The van der Waals surface area contributed by atoms with E-state index in [9.17, 15) is 9.59 Å². The molecule has 2 aromatic carbocycles. The van der Waals surface area contributed by atoms with E-state index in [1.807, 2.05) is 35.2 Å². The molecule has 4 aliphatic rings. The van der Waals surface area contributed by atoms with Gasteiger partial charge in [-0.2, -0.15) is 0 Å². The molecule has 6 rings (SSSR count). The van der Waals surface area contributed by atoms with E-state index in [1.54, 1.807) is 0 Å². The maximum atomic E-state index is 13.9. The number of esters is 1. The van der Waals surface area contributed by atoms with Crippen molar-refractivity contribution in [3.63, 3.8) is 0 Å². The van der Waals surface area contributed by atoms with Crippen LogP contribution < -0.4 is 9.47 Å². The predicted molar refractivity (Wildman–Crippen MR) is 164 cm³/mol. The van der Waals surface area contributed by atoms with Gasteiger partial charge >= 0.3 is 5.97 Å². The zero-order valence-electron chi connectivity index (χ0n) is 25.5. The van der Waals surface area contributed by atoms with E-state index in [0.29, 0.717) is 24.3 Å². The van der Waals surface area contributed by atoms with Crippen molar-refractivity contribution in [3.05, 3.63) is 70.8 Å². The van der Waals surface area contributed by atoms with E-state index in [0.717, 1.165) is 55.6 Å². The Kier molecular flexibility index (Phi) is 7.43. The minimum absolute atomic E-state index is 0.0904. The number of rotatable bonds is 6. The summed E-state index contributed by atoms with van der Waals surface area (Å²) in [7, 11) is 0. The summed E-state index contributed by atoms with van der Waals surface area (Å²) >= 11 is 0. The van der Waals surface area contributed by atoms with E-state index in [1.165, 1.54) is 23.6 Å². The third-order valence-corrected chi connectivity index (χ3v) is 10.1. The standard InChI is InChI=1S/C36H42N2O4/c1-7-17-37-18-16-36-28-11-12-29(38(21-22(2)3)33(40)15-10-26-9-8-23(4)24(5)19-26)35(36)42-32-14-13-31(41-25(6)39)27(34(32)36)20-30(28)37/h7-9,13-14,19,22,28-30,35H,1,11-12,16-18,20-21H2,2-6H3/t28-,29+,30+,35-,36-/m0/s1. The normalized spacial score (nSPS) is 26.9. The number of hydrogen-bond donors (Lipinski definition) is 0. The fourth-order valence-electron chi connectivity index (χ4n) is 8.34. The van der Waals surface area contributed by atoms with Crippen LogP contribution in [-0.4, -0.2) is 59.5 Å². The molecule has 0 aromatic heterocycles. The lowest BCUT2D eigenvalue weighted by Crippen LogP contribution is -2.69. The van der Waals surface area contributed by atoms with Crippen molar-refractivity contribution in [2.45, 2.75) is 83.9 Å². The smallest absolute Gasteiger partial charge is 0.308 e. The van der Waals surface area contributed by atoms with Crippen molar-refractivity contribution in [3.8, 4) is 23.3 Å². The number of hydrogen-bond acceptors (Lipinski definition) is 5. The second-order valence-electron chi connectivity index (χ2n) is 13.0. The molecular weight excluding hydrogens is 524 g/mol. The first-order chi connectivity index (χ1) is 20.1. The number of ether oxygens (including phenoxy) is 2. The van der Waals surface area contributed by atoms with Crippen LogP contribution in [0.3, 0.4) is 0 Å². The van der Waals surface area contributed by atoms with Crippen molar-refractivity contribution in [2.75, 3.05) is 19.6 Å². The van der Waals surface area contributed by atoms with Gasteiger partial charge in [0.25, 0.3) is 5.91 Å². The molecule has 1 amide bonds. The number of benzene rings is 2. The summed E-state index contributed by atoms with van der Waals surface area (Å²) < 4.78 is 12.7. The Morgan fingerprint density at radius 3 is 2.74 bits per heavy atom. The van der Waals surface area contributed by atoms with Crippen LogP contribution in [0.4, 0.5) is 0 Å². The summed E-state index contributed by atoms with van der Waals surface area (Å²) in [5.74, 6) is 7.91. The third-order valence-electron chi connectivity index (χ3n) is 10.1. The molecule has 0 radical (unpaired) electrons. The lowest BCUT2D eigenvalue weighted by atomic mass is 9.50. The molecule has 5 atom stereocenters. The van der Waals surface area contributed by atoms with Gasteiger partial charge in [0.1, 0.15) is 17.6 Å². The van der Waals surface area contributed by atoms with E-state index in [2.05, 4.69) is 57.1 Å². The topological polar surface area (TPSA) is 59.1 Å². The summed E-state index contributed by atoms with van der Waals surface area (Å²) in [6, 6.07) is 10.2. The number of piperidine rings is 1. The fourth-order valence-corrected chi connectivity index (χ4v) is 8.34. The number of aryl methyl sites for hydroxylation is 2. The third kappa shape index (κ3) is 4.63. The van der Waals surface area contributed by atoms with Crippen molar-refractivity contribution in [2.24, 2.45) is 11.8 Å². The minimum atomic E-state index is -0.313. The van der Waals surface area contributed by atoms with Gasteiger partial charge in [-0.1, -0.05) is 31.9 Å². The van der Waals surface area contributed by atoms with Gasteiger partial charge in [-0.25, -0.2) is 0 Å². The molecule has 1 saturated carbocycles. The molecule has 1 saturated heterocycles. The van der Waals surface area contributed by atoms with E-state index in [4.69, 9.17) is 9.47 Å². The SMILES string of the molecule is C=CCN1CC[C@@]23c4c5ccc(OC(C)=O)c4C[C@@H]1[C@@H]2CC[C@@H](N(CC(C)C)C(=O)C#Cc1ccc(C)c(C)c1)[C@@H]3O5. The van der Waals surface area contributed by atoms with Crippen LogP contribution in [0.25, 0.3) is 0 Å². The van der Waals surface area contributed by atoms with E-state index < -0.39 is 0 Å². The monoisotopic (exact) mass is 566 g/mol. The van der Waals surface area contributed by atoms with Crippen LogP contribution in [0.2, 0.25) is 0 Å². The predicted octanol–water partition coefficient (Wildman–Crippen LogP) is 5.36. The Hall–Kier alpha value is -3.56. The van der Waals surface area contributed by atoms with Crippen molar-refractivity contribution < 1.29 is 19.1 Å². The molecule has 2 aliphatic heterocycles. The number of nitrogens with zero attached hydrogens (tertiary/aromatic N) is 2. The van der Waals surface area contributed by atoms with Gasteiger partial charge in [0.2, 0.25) is 0 Å². The lowest BCUT2D eigenvalue weighted by Gasteiger charge is -2.60. The van der Waals surface area contributed by atoms with Crippen LogP contribution in [0.15, 0.2) is 43.0 Å². The molecule has 2 fully saturated rings. The molecular formula is C36H42N2O4. The molecule has 2 bridgehead atoms. The van der Waals surface area contributed by atoms with Gasteiger partial charge in [-0.15, -0.1) is 6.58 Å². The zero-order valence-corrected chi connectivity index (χ0v) is 25.5. The van der Waals surface area contributed by atoms with Gasteiger partial charge < -0.3 is 14.4 Å². The molecule has 6 nitrogen and oxygen atoms in total. The average molecular weight is 567 g/mol. The summed E-state index contributed by atoms with van der Waals surface area (Å²) in [4.78, 5) is 30.5. The molecule has 2 aliphatic carbocycles. The summed E-state index contributed by atoms with van der Waals surface area (Å²) in [5.41, 5.74) is 5.31. The largest absolute Gasteiger partial charge is 0.487 e. The number of amides is 1. The maximum Gasteiger partial charge on any atom is 0.308 e. The van der Waals surface area contributed by atoms with E-state index >= 15 is 0 Å². The highest BCUT2D eigenvalue weighted by molar-refractivity contribution is 5.94. The Labute approximate surface area is 250 Å². The molecule has 0 unspecified atom stereocenters. The fraction of sp³-hybridized carbons (Fsp3) is 0.500. The Morgan fingerprint density at radius 1 is 1.21 bits per heavy atom. The number of carbonyl (C=O) groups is 2. The second kappa shape index (κ2) is 10.9. The molecule has 2 aromatic rings. The van der Waals surface area contributed by atoms with Gasteiger partial charge in [-0.3, -0.25) is 14.5 Å². The van der Waals surface area contributed by atoms with Crippen LogP contribution in [-0.2, 0) is 21.4 Å². The molecule has 2 heterocycles. The summed E-state index contributed by atoms with van der Waals surface area (Å²) in [5, 5.41) is 0. The Morgan fingerprint density at radius 2 is 2.02 bits per heavy atom. The first kappa shape index (κ1) is 28.6. The summed E-state index contributed by atoms with van der Waals surface area (Å²) in [6.07, 6.45) is 5.46. The highest BCUT2D eigenvalue weighted by atomic mass is 16.5. The molecule has 0 N–H and O–H groups in total. The first-order valence-corrected chi connectivity index (χ1v) is 15.4. The molecule has 220 valence electrons. The molecule has 1 spiro atoms. The maximum absolute atomic E-state index is 13.9. The van der Waals surface area contributed by atoms with Gasteiger partial charge in [0, 0.05) is 54.1 Å². The molecule has 42 heavy (non-hydrogen) atoms. The zero-order chi connectivity index (χ0) is 29.8. The summed E-state index contributed by atoms with van der Waals surface area (Å²) in [6.45, 7) is 16.3. The lowest BCUT2D eigenvalue weighted by molar-refractivity contribution is -0.137. The Bertz CT molecular complexity index is 1500. The van der Waals surface area contributed by atoms with Crippen molar-refractivity contribution >= 4 is 11.9 Å². The quantitative estimate of drug-likeness (QED) is 0.204. The van der Waals surface area contributed by atoms with E-state index in [-0.39, 0.29) is 35.4 Å². The van der Waals surface area contributed by atoms with Crippen molar-refractivity contribution in [1.29, 1.82) is 0 Å². The van der Waals surface area contributed by atoms with Crippen molar-refractivity contribution in [1.82, 2.24) is 9.80 Å². The van der Waals surface area contributed by atoms with Gasteiger partial charge in [-0.05, 0) is 93.3 Å².